The zero-order valence-corrected chi connectivity index (χ0v) is 16.1. The van der Waals surface area contributed by atoms with Crippen molar-refractivity contribution in [2.24, 2.45) is 13.0 Å². The Bertz CT molecular complexity index is 862. The molecule has 0 saturated carbocycles. The Balaban J connectivity index is 1.49. The maximum Gasteiger partial charge on any atom is 0.164 e. The summed E-state index contributed by atoms with van der Waals surface area (Å²) in [6.07, 6.45) is -1.11. The van der Waals surface area contributed by atoms with Gasteiger partial charge in [0, 0.05) is 26.7 Å². The lowest BCUT2D eigenvalue weighted by molar-refractivity contribution is -0.0781. The van der Waals surface area contributed by atoms with Crippen molar-refractivity contribution in [2.75, 3.05) is 24.5 Å². The van der Waals surface area contributed by atoms with E-state index in [1.807, 2.05) is 6.07 Å². The van der Waals surface area contributed by atoms with E-state index < -0.39 is 24.3 Å². The van der Waals surface area contributed by atoms with Crippen molar-refractivity contribution in [2.45, 2.75) is 31.3 Å². The fourth-order valence-electron chi connectivity index (χ4n) is 3.55. The second-order valence-electron chi connectivity index (χ2n) is 7.29. The lowest BCUT2D eigenvalue weighted by Gasteiger charge is -2.35. The number of aryl methyl sites for hydroxylation is 1. The Morgan fingerprint density at radius 1 is 1.31 bits per heavy atom. The van der Waals surface area contributed by atoms with Crippen molar-refractivity contribution < 1.29 is 19.7 Å². The summed E-state index contributed by atoms with van der Waals surface area (Å²) < 4.78 is 14.8. The molecule has 156 valence electrons. The van der Waals surface area contributed by atoms with Gasteiger partial charge >= 0.3 is 0 Å². The molecule has 29 heavy (non-hydrogen) atoms. The van der Waals surface area contributed by atoms with Gasteiger partial charge in [0.05, 0.1) is 11.3 Å². The molecule has 0 bridgehead atoms. The molecule has 0 radical (unpaired) electrons. The summed E-state index contributed by atoms with van der Waals surface area (Å²) in [7, 11) is 1.64. The van der Waals surface area contributed by atoms with Crippen LogP contribution in [0.3, 0.4) is 0 Å². The van der Waals surface area contributed by atoms with Crippen LogP contribution in [0.25, 0.3) is 0 Å². The van der Waals surface area contributed by atoms with Crippen molar-refractivity contribution in [1.29, 1.82) is 5.26 Å². The molecule has 1 aromatic carbocycles. The Kier molecular flexibility index (Phi) is 6.76. The van der Waals surface area contributed by atoms with E-state index in [1.165, 1.54) is 23.0 Å². The average Bonchev–Trinajstić information content (AvgIpc) is 3.17. The van der Waals surface area contributed by atoms with Crippen LogP contribution in [-0.4, -0.2) is 62.1 Å². The van der Waals surface area contributed by atoms with Crippen LogP contribution >= 0.6 is 0 Å². The highest BCUT2D eigenvalue weighted by Gasteiger charge is 2.30. The molecule has 3 atom stereocenters. The average molecular weight is 404 g/mol. The van der Waals surface area contributed by atoms with E-state index in [1.54, 1.807) is 13.1 Å². The van der Waals surface area contributed by atoms with Crippen LogP contribution in [0.5, 0.6) is 0 Å². The van der Waals surface area contributed by atoms with Crippen LogP contribution in [-0.2, 0) is 7.05 Å². The third kappa shape index (κ3) is 4.89. The van der Waals surface area contributed by atoms with Crippen LogP contribution in [0.4, 0.5) is 10.1 Å². The number of aliphatic hydroxyl groups excluding tert-OH is 3. The summed E-state index contributed by atoms with van der Waals surface area (Å²) in [6, 6.07) is 6.25. The van der Waals surface area contributed by atoms with Gasteiger partial charge in [0.1, 0.15) is 36.6 Å². The molecule has 0 amide bonds. The Hall–Kier alpha value is -2.58. The molecule has 10 heteroatoms. The summed E-state index contributed by atoms with van der Waals surface area (Å²) in [4.78, 5) is 2.05. The largest absolute Gasteiger partial charge is 0.386 e. The third-order valence-electron chi connectivity index (χ3n) is 5.31. The van der Waals surface area contributed by atoms with E-state index >= 15 is 0 Å². The highest BCUT2D eigenvalue weighted by molar-refractivity contribution is 5.59. The molecule has 3 rings (SSSR count). The normalized spacial score (nSPS) is 18.3. The van der Waals surface area contributed by atoms with E-state index in [-0.39, 0.29) is 11.7 Å². The number of nitrogens with one attached hydrogen (secondary N) is 1. The van der Waals surface area contributed by atoms with Gasteiger partial charge in [-0.25, -0.2) is 4.39 Å². The topological polar surface area (TPSA) is 130 Å². The predicted octanol–water partition coefficient (Wildman–Crippen LogP) is 0.0448. The lowest BCUT2D eigenvalue weighted by atomic mass is 9.95. The Labute approximate surface area is 168 Å². The number of anilines is 1. The number of piperidine rings is 1. The molecule has 1 fully saturated rings. The van der Waals surface area contributed by atoms with Gasteiger partial charge in [-0.05, 0) is 37.0 Å². The van der Waals surface area contributed by atoms with Crippen molar-refractivity contribution in [1.82, 2.24) is 20.1 Å². The Morgan fingerprint density at radius 3 is 2.66 bits per heavy atom. The zero-order chi connectivity index (χ0) is 21.0. The molecule has 2 aromatic rings. The van der Waals surface area contributed by atoms with Gasteiger partial charge in [-0.3, -0.25) is 5.32 Å². The number of halogens is 1. The minimum absolute atomic E-state index is 0.166. The van der Waals surface area contributed by atoms with Crippen LogP contribution < -0.4 is 10.2 Å². The summed E-state index contributed by atoms with van der Waals surface area (Å²) in [5.74, 6) is -0.00856. The molecule has 1 aromatic heterocycles. The quantitative estimate of drug-likeness (QED) is 0.476. The molecule has 0 spiro atoms. The molecule has 1 unspecified atom stereocenters. The van der Waals surface area contributed by atoms with Gasteiger partial charge in [0.2, 0.25) is 0 Å². The zero-order valence-electron chi connectivity index (χ0n) is 16.1. The maximum absolute atomic E-state index is 13.3. The van der Waals surface area contributed by atoms with Gasteiger partial charge < -0.3 is 24.8 Å². The summed E-state index contributed by atoms with van der Waals surface area (Å²) in [5.41, 5.74) is 1.04. The molecule has 9 nitrogen and oxygen atoms in total. The van der Waals surface area contributed by atoms with Crippen molar-refractivity contribution in [3.63, 3.8) is 0 Å². The van der Waals surface area contributed by atoms with E-state index in [2.05, 4.69) is 20.4 Å². The van der Waals surface area contributed by atoms with Gasteiger partial charge in [-0.15, -0.1) is 10.2 Å². The van der Waals surface area contributed by atoms with Gasteiger partial charge in [0.25, 0.3) is 0 Å². The van der Waals surface area contributed by atoms with Gasteiger partial charge in [-0.1, -0.05) is 0 Å². The minimum Gasteiger partial charge on any atom is -0.386 e. The van der Waals surface area contributed by atoms with Crippen LogP contribution in [0.15, 0.2) is 24.5 Å². The van der Waals surface area contributed by atoms with Gasteiger partial charge in [0.15, 0.2) is 5.82 Å². The van der Waals surface area contributed by atoms with Crippen LogP contribution in [0.2, 0.25) is 0 Å². The number of benzene rings is 1. The Morgan fingerprint density at radius 2 is 2.03 bits per heavy atom. The number of hydrogen-bond acceptors (Lipinski definition) is 8. The summed E-state index contributed by atoms with van der Waals surface area (Å²) >= 11 is 0. The molecule has 1 aliphatic rings. The number of nitrogens with zero attached hydrogens (tertiary/aromatic N) is 5. The minimum atomic E-state index is -1.45. The molecule has 4 N–H and O–H groups in total. The van der Waals surface area contributed by atoms with Crippen molar-refractivity contribution in [3.05, 3.63) is 41.7 Å². The highest BCUT2D eigenvalue weighted by Crippen LogP contribution is 2.26. The smallest absolute Gasteiger partial charge is 0.164 e. The molecular formula is C19H25FN6O3. The molecular weight excluding hydrogens is 379 g/mol. The molecule has 2 heterocycles. The molecule has 1 aliphatic heterocycles. The second kappa shape index (κ2) is 9.28. The molecule has 1 saturated heterocycles. The molecule has 0 aliphatic carbocycles. The number of hydrogen-bond donors (Lipinski definition) is 4. The van der Waals surface area contributed by atoms with E-state index in [9.17, 15) is 25.0 Å². The number of nitriles is 1. The highest BCUT2D eigenvalue weighted by atomic mass is 19.1. The third-order valence-corrected chi connectivity index (χ3v) is 5.31. The first-order chi connectivity index (χ1) is 13.9. The van der Waals surface area contributed by atoms with Crippen LogP contribution in [0.1, 0.15) is 30.3 Å². The SMILES string of the molecule is Cn1cnnc1[C@H](O)[C@@H](O)C(O)NCC1CCN(c2ccc(F)cc2C#N)CC1. The van der Waals surface area contributed by atoms with Crippen molar-refractivity contribution in [3.8, 4) is 6.07 Å². The fourth-order valence-corrected chi connectivity index (χ4v) is 3.55. The van der Waals surface area contributed by atoms with Gasteiger partial charge in [-0.2, -0.15) is 5.26 Å². The van der Waals surface area contributed by atoms with E-state index in [0.29, 0.717) is 25.2 Å². The summed E-state index contributed by atoms with van der Waals surface area (Å²) in [6.45, 7) is 1.87. The fraction of sp³-hybridized carbons (Fsp3) is 0.526. The first-order valence-corrected chi connectivity index (χ1v) is 9.46. The van der Waals surface area contributed by atoms with E-state index in [4.69, 9.17) is 0 Å². The number of aliphatic hydroxyl groups is 3. The standard InChI is InChI=1S/C19H25FN6O3/c1-25-11-23-24-18(25)16(27)17(28)19(29)22-10-12-4-6-26(7-5-12)15-3-2-14(20)8-13(15)9-21/h2-3,8,11-12,16-17,19,22,27-29H,4-7,10H2,1H3/t16-,17-,19?/m1/s1. The number of rotatable bonds is 7. The van der Waals surface area contributed by atoms with Crippen LogP contribution in [0, 0.1) is 23.1 Å². The summed E-state index contributed by atoms with van der Waals surface area (Å²) in [5, 5.41) is 50.0. The predicted molar refractivity (Wildman–Crippen MR) is 102 cm³/mol. The number of aromatic nitrogens is 3. The second-order valence-corrected chi connectivity index (χ2v) is 7.29. The first-order valence-electron chi connectivity index (χ1n) is 9.46. The lowest BCUT2D eigenvalue weighted by Crippen LogP contribution is -2.46. The first kappa shape index (κ1) is 21.1. The van der Waals surface area contributed by atoms with E-state index in [0.717, 1.165) is 18.5 Å². The maximum atomic E-state index is 13.3. The van der Waals surface area contributed by atoms with Crippen molar-refractivity contribution >= 4 is 5.69 Å². The monoisotopic (exact) mass is 404 g/mol.